The molecule has 88 valence electrons. The van der Waals surface area contributed by atoms with Crippen molar-refractivity contribution in [3.63, 3.8) is 0 Å². The van der Waals surface area contributed by atoms with Crippen LogP contribution in [0.2, 0.25) is 0 Å². The van der Waals surface area contributed by atoms with E-state index < -0.39 is 5.97 Å². The van der Waals surface area contributed by atoms with Crippen LogP contribution >= 0.6 is 0 Å². The predicted molar refractivity (Wildman–Crippen MR) is 57.8 cm³/mol. The van der Waals surface area contributed by atoms with Crippen LogP contribution in [0.4, 0.5) is 4.79 Å². The number of carbonyl (C=O) groups is 2. The molecular weight excluding hydrogens is 196 g/mol. The second kappa shape index (κ2) is 5.58. The van der Waals surface area contributed by atoms with Crippen LogP contribution in [-0.4, -0.2) is 41.1 Å². The van der Waals surface area contributed by atoms with Crippen LogP contribution in [0.5, 0.6) is 0 Å². The Morgan fingerprint density at radius 2 is 1.93 bits per heavy atom. The Bertz CT molecular complexity index is 239. The van der Waals surface area contributed by atoms with Gasteiger partial charge in [0.15, 0.2) is 0 Å². The summed E-state index contributed by atoms with van der Waals surface area (Å²) in [7, 11) is 1.59. The van der Waals surface area contributed by atoms with Crippen molar-refractivity contribution in [1.82, 2.24) is 10.2 Å². The van der Waals surface area contributed by atoms with Crippen LogP contribution < -0.4 is 5.32 Å². The molecule has 0 atom stereocenters. The van der Waals surface area contributed by atoms with E-state index in [2.05, 4.69) is 5.32 Å². The molecule has 2 amide bonds. The zero-order chi connectivity index (χ0) is 12.1. The average Bonchev–Trinajstić information content (AvgIpc) is 2.13. The number of rotatable bonds is 5. The summed E-state index contributed by atoms with van der Waals surface area (Å²) in [5, 5.41) is 11.3. The summed E-state index contributed by atoms with van der Waals surface area (Å²) in [6.07, 6.45) is 0.794. The maximum Gasteiger partial charge on any atom is 0.317 e. The molecule has 5 nitrogen and oxygen atoms in total. The lowest BCUT2D eigenvalue weighted by atomic mass is 10.0. The van der Waals surface area contributed by atoms with Crippen LogP contribution in [0, 0.1) is 0 Å². The van der Waals surface area contributed by atoms with Gasteiger partial charge < -0.3 is 15.3 Å². The minimum absolute atomic E-state index is 0.0313. The third-order valence-electron chi connectivity index (χ3n) is 2.34. The molecule has 2 N–H and O–H groups in total. The zero-order valence-electron chi connectivity index (χ0n) is 9.83. The first kappa shape index (κ1) is 13.7. The second-order valence-electron chi connectivity index (χ2n) is 4.23. The van der Waals surface area contributed by atoms with E-state index in [1.54, 1.807) is 7.05 Å². The molecule has 0 aliphatic carbocycles. The van der Waals surface area contributed by atoms with E-state index in [0.717, 1.165) is 6.42 Å². The first-order chi connectivity index (χ1) is 6.78. The molecule has 0 bridgehead atoms. The molecule has 0 aromatic rings. The number of hydrogen-bond donors (Lipinski definition) is 2. The SMILES string of the molecule is CCC(C)(C)NC(=O)N(C)CCC(=O)O. The van der Waals surface area contributed by atoms with Gasteiger partial charge in [-0.25, -0.2) is 4.79 Å². The van der Waals surface area contributed by atoms with Gasteiger partial charge in [0.05, 0.1) is 6.42 Å². The highest BCUT2D eigenvalue weighted by atomic mass is 16.4. The molecule has 0 spiro atoms. The first-order valence-corrected chi connectivity index (χ1v) is 5.03. The van der Waals surface area contributed by atoms with Gasteiger partial charge in [0.25, 0.3) is 0 Å². The van der Waals surface area contributed by atoms with Crippen LogP contribution in [0.25, 0.3) is 0 Å². The van der Waals surface area contributed by atoms with E-state index in [9.17, 15) is 9.59 Å². The van der Waals surface area contributed by atoms with E-state index in [1.165, 1.54) is 4.90 Å². The number of aliphatic carboxylic acids is 1. The highest BCUT2D eigenvalue weighted by molar-refractivity contribution is 5.75. The molecule has 15 heavy (non-hydrogen) atoms. The molecule has 0 fully saturated rings. The Labute approximate surface area is 90.5 Å². The Kier molecular flexibility index (Phi) is 5.11. The molecule has 0 heterocycles. The number of urea groups is 1. The highest BCUT2D eigenvalue weighted by Crippen LogP contribution is 2.07. The van der Waals surface area contributed by atoms with Crippen molar-refractivity contribution in [1.29, 1.82) is 0 Å². The van der Waals surface area contributed by atoms with E-state index >= 15 is 0 Å². The van der Waals surface area contributed by atoms with Gasteiger partial charge in [-0.05, 0) is 20.3 Å². The normalized spacial score (nSPS) is 10.9. The number of carboxylic acids is 1. The summed E-state index contributed by atoms with van der Waals surface area (Å²) >= 11 is 0. The van der Waals surface area contributed by atoms with Gasteiger partial charge in [0.1, 0.15) is 0 Å². The smallest absolute Gasteiger partial charge is 0.317 e. The lowest BCUT2D eigenvalue weighted by Crippen LogP contribution is -2.48. The van der Waals surface area contributed by atoms with Gasteiger partial charge in [-0.3, -0.25) is 4.79 Å². The monoisotopic (exact) mass is 216 g/mol. The second-order valence-corrected chi connectivity index (χ2v) is 4.23. The summed E-state index contributed by atoms with van der Waals surface area (Å²) in [6, 6.07) is -0.233. The number of amides is 2. The molecule has 0 aliphatic heterocycles. The molecule has 0 radical (unpaired) electrons. The van der Waals surface area contributed by atoms with Gasteiger partial charge in [0.2, 0.25) is 0 Å². The third kappa shape index (κ3) is 5.93. The van der Waals surface area contributed by atoms with E-state index in [-0.39, 0.29) is 24.5 Å². The fourth-order valence-electron chi connectivity index (χ4n) is 0.838. The Balaban J connectivity index is 4.04. The fourth-order valence-corrected chi connectivity index (χ4v) is 0.838. The summed E-state index contributed by atoms with van der Waals surface area (Å²) in [5.41, 5.74) is -0.255. The molecule has 0 aromatic carbocycles. The lowest BCUT2D eigenvalue weighted by Gasteiger charge is -2.28. The topological polar surface area (TPSA) is 69.6 Å². The number of nitrogens with one attached hydrogen (secondary N) is 1. The largest absolute Gasteiger partial charge is 0.481 e. The Morgan fingerprint density at radius 3 is 2.33 bits per heavy atom. The minimum atomic E-state index is -0.899. The molecule has 0 saturated carbocycles. The molecule has 0 unspecified atom stereocenters. The number of carbonyl (C=O) groups excluding carboxylic acids is 1. The van der Waals surface area contributed by atoms with Crippen molar-refractivity contribution in [2.45, 2.75) is 39.2 Å². The molecule has 0 saturated heterocycles. The van der Waals surface area contributed by atoms with Gasteiger partial charge >= 0.3 is 12.0 Å². The summed E-state index contributed by atoms with van der Waals surface area (Å²) in [6.45, 7) is 6.06. The first-order valence-electron chi connectivity index (χ1n) is 5.03. The summed E-state index contributed by atoms with van der Waals surface area (Å²) in [4.78, 5) is 23.2. The zero-order valence-corrected chi connectivity index (χ0v) is 9.83. The van der Waals surface area contributed by atoms with Gasteiger partial charge in [0, 0.05) is 19.1 Å². The Hall–Kier alpha value is -1.26. The highest BCUT2D eigenvalue weighted by Gasteiger charge is 2.20. The van der Waals surface area contributed by atoms with Crippen molar-refractivity contribution in [2.24, 2.45) is 0 Å². The van der Waals surface area contributed by atoms with Crippen molar-refractivity contribution in [2.75, 3.05) is 13.6 Å². The third-order valence-corrected chi connectivity index (χ3v) is 2.34. The summed E-state index contributed by atoms with van der Waals surface area (Å²) < 4.78 is 0. The molecule has 5 heteroatoms. The number of nitrogens with zero attached hydrogens (tertiary/aromatic N) is 1. The van der Waals surface area contributed by atoms with Crippen LogP contribution in [-0.2, 0) is 4.79 Å². The van der Waals surface area contributed by atoms with E-state index in [1.807, 2.05) is 20.8 Å². The van der Waals surface area contributed by atoms with Gasteiger partial charge in [-0.1, -0.05) is 6.92 Å². The maximum absolute atomic E-state index is 11.6. The summed E-state index contributed by atoms with van der Waals surface area (Å²) in [5.74, 6) is -0.899. The van der Waals surface area contributed by atoms with E-state index in [0.29, 0.717) is 0 Å². The van der Waals surface area contributed by atoms with Crippen molar-refractivity contribution in [3.05, 3.63) is 0 Å². The standard InChI is InChI=1S/C10H20N2O3/c1-5-10(2,3)11-9(15)12(4)7-6-8(13)14/h5-7H2,1-4H3,(H,11,15)(H,13,14). The lowest BCUT2D eigenvalue weighted by molar-refractivity contribution is -0.137. The minimum Gasteiger partial charge on any atom is -0.481 e. The van der Waals surface area contributed by atoms with Gasteiger partial charge in [-0.2, -0.15) is 0 Å². The van der Waals surface area contributed by atoms with Crippen molar-refractivity contribution in [3.8, 4) is 0 Å². The van der Waals surface area contributed by atoms with Crippen molar-refractivity contribution < 1.29 is 14.7 Å². The quantitative estimate of drug-likeness (QED) is 0.727. The van der Waals surface area contributed by atoms with Crippen molar-refractivity contribution >= 4 is 12.0 Å². The van der Waals surface area contributed by atoms with E-state index in [4.69, 9.17) is 5.11 Å². The van der Waals surface area contributed by atoms with Crippen LogP contribution in [0.15, 0.2) is 0 Å². The van der Waals surface area contributed by atoms with Crippen LogP contribution in [0.1, 0.15) is 33.6 Å². The molecule has 0 rings (SSSR count). The molecular formula is C10H20N2O3. The number of hydrogen-bond acceptors (Lipinski definition) is 2. The molecule has 0 aromatic heterocycles. The Morgan fingerprint density at radius 1 is 1.40 bits per heavy atom. The molecule has 0 aliphatic rings. The van der Waals surface area contributed by atoms with Crippen LogP contribution in [0.3, 0.4) is 0 Å². The van der Waals surface area contributed by atoms with Gasteiger partial charge in [-0.15, -0.1) is 0 Å². The fraction of sp³-hybridized carbons (Fsp3) is 0.800. The maximum atomic E-state index is 11.6. The predicted octanol–water partition coefficient (Wildman–Crippen LogP) is 1.29. The average molecular weight is 216 g/mol. The number of carboxylic acid groups (broad SMARTS) is 1.